The highest BCUT2D eigenvalue weighted by atomic mass is 28.4. The van der Waals surface area contributed by atoms with Crippen molar-refractivity contribution < 1.29 is 18.4 Å². The highest BCUT2D eigenvalue weighted by Gasteiger charge is 2.38. The van der Waals surface area contributed by atoms with Gasteiger partial charge in [0.05, 0.1) is 6.61 Å². The van der Waals surface area contributed by atoms with Crippen LogP contribution in [0.15, 0.2) is 42.5 Å². The van der Waals surface area contributed by atoms with E-state index in [1.807, 2.05) is 32.0 Å². The molecule has 0 unspecified atom stereocenters. The standard InChI is InChI=1S/C18H28O4Si/c1-4-12-18(19)20-15-10-11-16-23(21-5-2,22-6-3)17-13-8-7-9-14-17/h4,7-9,12-14H,5-6,10-11,15-16H2,1-3H3. The Hall–Kier alpha value is -1.43. The zero-order valence-corrected chi connectivity index (χ0v) is 15.4. The Morgan fingerprint density at radius 2 is 1.74 bits per heavy atom. The van der Waals surface area contributed by atoms with Crippen molar-refractivity contribution in [1.82, 2.24) is 0 Å². The van der Waals surface area contributed by atoms with Gasteiger partial charge in [-0.15, -0.1) is 0 Å². The van der Waals surface area contributed by atoms with Crippen LogP contribution < -0.4 is 5.19 Å². The predicted molar refractivity (Wildman–Crippen MR) is 94.9 cm³/mol. The van der Waals surface area contributed by atoms with E-state index in [9.17, 15) is 4.79 Å². The zero-order chi connectivity index (χ0) is 17.0. The monoisotopic (exact) mass is 336 g/mol. The molecule has 1 aromatic carbocycles. The maximum absolute atomic E-state index is 11.3. The van der Waals surface area contributed by atoms with Crippen LogP contribution in [0.3, 0.4) is 0 Å². The van der Waals surface area contributed by atoms with Gasteiger partial charge in [0.25, 0.3) is 0 Å². The molecular formula is C18H28O4Si. The molecule has 0 bridgehead atoms. The average molecular weight is 337 g/mol. The molecule has 0 aliphatic carbocycles. The maximum atomic E-state index is 11.3. The van der Waals surface area contributed by atoms with Crippen LogP contribution >= 0.6 is 0 Å². The molecule has 0 saturated carbocycles. The van der Waals surface area contributed by atoms with E-state index in [1.165, 1.54) is 6.08 Å². The highest BCUT2D eigenvalue weighted by molar-refractivity contribution is 6.81. The summed E-state index contributed by atoms with van der Waals surface area (Å²) in [6, 6.07) is 11.1. The Balaban J connectivity index is 2.61. The average Bonchev–Trinajstić information content (AvgIpc) is 2.56. The van der Waals surface area contributed by atoms with Gasteiger partial charge in [0.1, 0.15) is 0 Å². The molecule has 0 atom stereocenters. The van der Waals surface area contributed by atoms with Gasteiger partial charge in [-0.25, -0.2) is 4.79 Å². The largest absolute Gasteiger partial charge is 0.463 e. The number of allylic oxidation sites excluding steroid dienone is 1. The van der Waals surface area contributed by atoms with E-state index in [0.29, 0.717) is 19.8 Å². The number of unbranched alkanes of at least 4 members (excludes halogenated alkanes) is 1. The van der Waals surface area contributed by atoms with Crippen molar-refractivity contribution in [3.8, 4) is 0 Å². The molecule has 0 saturated heterocycles. The third-order valence-corrected chi connectivity index (χ3v) is 7.15. The number of hydrogen-bond donors (Lipinski definition) is 0. The Kier molecular flexibility index (Phi) is 9.51. The van der Waals surface area contributed by atoms with Crippen LogP contribution in [-0.2, 0) is 18.4 Å². The second-order valence-electron chi connectivity index (χ2n) is 5.11. The van der Waals surface area contributed by atoms with Crippen molar-refractivity contribution in [2.24, 2.45) is 0 Å². The zero-order valence-electron chi connectivity index (χ0n) is 14.4. The van der Waals surface area contributed by atoms with Gasteiger partial charge in [0.15, 0.2) is 0 Å². The summed E-state index contributed by atoms with van der Waals surface area (Å²) in [5, 5.41) is 1.16. The van der Waals surface area contributed by atoms with E-state index < -0.39 is 8.56 Å². The van der Waals surface area contributed by atoms with Crippen molar-refractivity contribution in [3.05, 3.63) is 42.5 Å². The van der Waals surface area contributed by atoms with E-state index in [-0.39, 0.29) is 5.97 Å². The van der Waals surface area contributed by atoms with Crippen LogP contribution in [0.5, 0.6) is 0 Å². The van der Waals surface area contributed by atoms with Crippen molar-refractivity contribution in [2.45, 2.75) is 39.7 Å². The van der Waals surface area contributed by atoms with Crippen molar-refractivity contribution >= 4 is 19.7 Å². The first-order chi connectivity index (χ1) is 11.2. The number of carbonyl (C=O) groups excluding carboxylic acids is 1. The van der Waals surface area contributed by atoms with E-state index in [0.717, 1.165) is 24.1 Å². The molecule has 0 aromatic heterocycles. The smallest absolute Gasteiger partial charge is 0.372 e. The molecule has 0 fully saturated rings. The van der Waals surface area contributed by atoms with Gasteiger partial charge in [-0.05, 0) is 44.8 Å². The number of benzene rings is 1. The van der Waals surface area contributed by atoms with Crippen LogP contribution in [0.1, 0.15) is 33.6 Å². The Morgan fingerprint density at radius 3 is 2.30 bits per heavy atom. The van der Waals surface area contributed by atoms with E-state index in [4.69, 9.17) is 13.6 Å². The highest BCUT2D eigenvalue weighted by Crippen LogP contribution is 2.18. The topological polar surface area (TPSA) is 44.8 Å². The summed E-state index contributed by atoms with van der Waals surface area (Å²) >= 11 is 0. The Bertz CT molecular complexity index is 467. The minimum Gasteiger partial charge on any atom is -0.463 e. The lowest BCUT2D eigenvalue weighted by molar-refractivity contribution is -0.137. The number of ether oxygens (including phenoxy) is 1. The Labute approximate surface area is 140 Å². The second kappa shape index (κ2) is 11.2. The SMILES string of the molecule is CC=CC(=O)OCCCC[Si](OCC)(OCC)c1ccccc1. The first kappa shape index (κ1) is 19.6. The second-order valence-corrected chi connectivity index (χ2v) is 8.27. The first-order valence-corrected chi connectivity index (χ1v) is 10.3. The quantitative estimate of drug-likeness (QED) is 0.269. The van der Waals surface area contributed by atoms with Crippen LogP contribution in [0.4, 0.5) is 0 Å². The molecule has 23 heavy (non-hydrogen) atoms. The van der Waals surface area contributed by atoms with Crippen LogP contribution in [0.2, 0.25) is 6.04 Å². The van der Waals surface area contributed by atoms with Gasteiger partial charge in [0.2, 0.25) is 0 Å². The minimum absolute atomic E-state index is 0.284. The fraction of sp³-hybridized carbons (Fsp3) is 0.500. The summed E-state index contributed by atoms with van der Waals surface area (Å²) in [6.07, 6.45) is 4.83. The molecule has 0 N–H and O–H groups in total. The fourth-order valence-electron chi connectivity index (χ4n) is 2.47. The molecular weight excluding hydrogens is 308 g/mol. The van der Waals surface area contributed by atoms with Crippen LogP contribution in [-0.4, -0.2) is 34.4 Å². The maximum Gasteiger partial charge on any atom is 0.372 e. The van der Waals surface area contributed by atoms with Crippen LogP contribution in [0.25, 0.3) is 0 Å². The predicted octanol–water partition coefficient (Wildman–Crippen LogP) is 3.31. The molecule has 0 amide bonds. The number of esters is 1. The van der Waals surface area contributed by atoms with Crippen molar-refractivity contribution in [1.29, 1.82) is 0 Å². The molecule has 5 heteroatoms. The minimum atomic E-state index is -2.42. The van der Waals surface area contributed by atoms with Crippen LogP contribution in [0, 0.1) is 0 Å². The third-order valence-electron chi connectivity index (χ3n) is 3.42. The molecule has 1 rings (SSSR count). The fourth-order valence-corrected chi connectivity index (χ4v) is 5.81. The van der Waals surface area contributed by atoms with Gasteiger partial charge in [0, 0.05) is 19.3 Å². The van der Waals surface area contributed by atoms with E-state index in [1.54, 1.807) is 13.0 Å². The van der Waals surface area contributed by atoms with Gasteiger partial charge >= 0.3 is 14.5 Å². The molecule has 128 valence electrons. The van der Waals surface area contributed by atoms with Gasteiger partial charge < -0.3 is 13.6 Å². The summed E-state index contributed by atoms with van der Waals surface area (Å²) in [7, 11) is -2.42. The molecule has 0 spiro atoms. The molecule has 1 aromatic rings. The van der Waals surface area contributed by atoms with Crippen molar-refractivity contribution in [2.75, 3.05) is 19.8 Å². The third kappa shape index (κ3) is 6.68. The normalized spacial score (nSPS) is 11.8. The molecule has 4 nitrogen and oxygen atoms in total. The lowest BCUT2D eigenvalue weighted by Gasteiger charge is -2.30. The summed E-state index contributed by atoms with van der Waals surface area (Å²) in [6.45, 7) is 7.51. The summed E-state index contributed by atoms with van der Waals surface area (Å²) in [4.78, 5) is 11.3. The van der Waals surface area contributed by atoms with Gasteiger partial charge in [-0.3, -0.25) is 0 Å². The lowest BCUT2D eigenvalue weighted by atomic mass is 10.3. The Morgan fingerprint density at radius 1 is 1.09 bits per heavy atom. The number of carbonyl (C=O) groups is 1. The van der Waals surface area contributed by atoms with Gasteiger partial charge in [-0.2, -0.15) is 0 Å². The molecule has 0 heterocycles. The number of rotatable bonds is 11. The summed E-state index contributed by atoms with van der Waals surface area (Å²) < 4.78 is 17.4. The van der Waals surface area contributed by atoms with Gasteiger partial charge in [-0.1, -0.05) is 36.4 Å². The molecule has 0 aliphatic heterocycles. The van der Waals surface area contributed by atoms with E-state index in [2.05, 4.69) is 12.1 Å². The molecule has 0 aliphatic rings. The molecule has 0 radical (unpaired) electrons. The van der Waals surface area contributed by atoms with E-state index >= 15 is 0 Å². The first-order valence-electron chi connectivity index (χ1n) is 8.31. The lowest BCUT2D eigenvalue weighted by Crippen LogP contribution is -2.53. The number of hydrogen-bond acceptors (Lipinski definition) is 4. The van der Waals surface area contributed by atoms with Crippen molar-refractivity contribution in [3.63, 3.8) is 0 Å². The summed E-state index contributed by atoms with van der Waals surface area (Å²) in [5.74, 6) is -0.284. The summed E-state index contributed by atoms with van der Waals surface area (Å²) in [5.41, 5.74) is 0.